The van der Waals surface area contributed by atoms with Gasteiger partial charge in [0.05, 0.1) is 0 Å². The second-order valence-corrected chi connectivity index (χ2v) is 6.77. The maximum Gasteiger partial charge on any atom is 0.118 e. The van der Waals surface area contributed by atoms with Crippen LogP contribution in [0.1, 0.15) is 34.0 Å². The minimum atomic E-state index is -0.217. The average molecular weight is 370 g/mol. The van der Waals surface area contributed by atoms with Crippen molar-refractivity contribution >= 4 is 11.8 Å². The number of hydrogen-bond donors (Lipinski definition) is 2. The Morgan fingerprint density at radius 2 is 1.64 bits per heavy atom. The number of nitrogens with two attached hydrogens (primary N) is 1. The van der Waals surface area contributed by atoms with Gasteiger partial charge >= 0.3 is 0 Å². The summed E-state index contributed by atoms with van der Waals surface area (Å²) >= 11 is 0. The quantitative estimate of drug-likeness (QED) is 0.323. The van der Waals surface area contributed by atoms with E-state index in [0.29, 0.717) is 6.54 Å². The molecule has 3 nitrogen and oxygen atoms in total. The predicted molar refractivity (Wildman–Crippen MR) is 119 cm³/mol. The summed E-state index contributed by atoms with van der Waals surface area (Å²) in [5.41, 5.74) is 9.52. The Morgan fingerprint density at radius 3 is 2.32 bits per heavy atom. The Bertz CT molecular complexity index is 947. The lowest BCUT2D eigenvalue weighted by atomic mass is 10.0. The van der Waals surface area contributed by atoms with Gasteiger partial charge in [-0.3, -0.25) is 5.84 Å². The topological polar surface area (TPSA) is 41.3 Å². The van der Waals surface area contributed by atoms with Gasteiger partial charge in [0.1, 0.15) is 6.17 Å². The van der Waals surface area contributed by atoms with Crippen molar-refractivity contribution in [2.75, 3.05) is 0 Å². The molecule has 0 saturated heterocycles. The van der Waals surface area contributed by atoms with Gasteiger partial charge in [-0.1, -0.05) is 98.1 Å². The highest BCUT2D eigenvalue weighted by molar-refractivity contribution is 5.72. The zero-order chi connectivity index (χ0) is 19.9. The third-order valence-corrected chi connectivity index (χ3v) is 5.03. The minimum absolute atomic E-state index is 0.217. The number of hydrazine groups is 1. The number of aryl methyl sites for hydroxylation is 1. The van der Waals surface area contributed by atoms with Crippen molar-refractivity contribution in [2.24, 2.45) is 5.84 Å². The lowest BCUT2D eigenvalue weighted by Crippen LogP contribution is -2.40. The van der Waals surface area contributed by atoms with Gasteiger partial charge in [-0.25, -0.2) is 5.43 Å². The minimum Gasteiger partial charge on any atom is -0.346 e. The van der Waals surface area contributed by atoms with Crippen LogP contribution in [0.4, 0.5) is 0 Å². The van der Waals surface area contributed by atoms with Crippen molar-refractivity contribution in [3.63, 3.8) is 0 Å². The molecule has 0 aliphatic heterocycles. The first kappa shape index (κ1) is 19.6. The van der Waals surface area contributed by atoms with Crippen molar-refractivity contribution in [1.82, 2.24) is 10.3 Å². The van der Waals surface area contributed by atoms with Gasteiger partial charge in [0.2, 0.25) is 0 Å². The smallest absolute Gasteiger partial charge is 0.118 e. The zero-order valence-corrected chi connectivity index (χ0v) is 16.3. The molecule has 0 amide bonds. The first-order chi connectivity index (χ1) is 13.7. The number of benzene rings is 3. The molecular weight excluding hydrogens is 342 g/mol. The molecule has 0 aromatic heterocycles. The van der Waals surface area contributed by atoms with Crippen LogP contribution in [0.25, 0.3) is 11.8 Å². The Labute approximate surface area is 167 Å². The van der Waals surface area contributed by atoms with Crippen molar-refractivity contribution in [3.8, 4) is 0 Å². The second-order valence-electron chi connectivity index (χ2n) is 6.77. The fraction of sp³-hybridized carbons (Fsp3) is 0.120. The van der Waals surface area contributed by atoms with E-state index in [4.69, 9.17) is 5.84 Å². The third-order valence-electron chi connectivity index (χ3n) is 5.03. The molecule has 1 unspecified atom stereocenters. The van der Waals surface area contributed by atoms with Crippen LogP contribution in [-0.4, -0.2) is 4.90 Å². The summed E-state index contributed by atoms with van der Waals surface area (Å²) in [6, 6.07) is 26.7. The summed E-state index contributed by atoms with van der Waals surface area (Å²) in [4.78, 5) is 2.21. The summed E-state index contributed by atoms with van der Waals surface area (Å²) in [5, 5.41) is 0. The van der Waals surface area contributed by atoms with E-state index >= 15 is 0 Å². The van der Waals surface area contributed by atoms with E-state index in [9.17, 15) is 0 Å². The summed E-state index contributed by atoms with van der Waals surface area (Å²) in [6.07, 6.45) is 1.64. The third kappa shape index (κ3) is 4.22. The molecule has 3 rings (SSSR count). The van der Waals surface area contributed by atoms with E-state index in [1.807, 2.05) is 42.5 Å². The maximum atomic E-state index is 6.03. The predicted octanol–water partition coefficient (Wildman–Crippen LogP) is 5.27. The standard InChI is InChI=1S/C25H27N3/c1-4-21-13-10-11-17-24(21)20(3)28(18-23-16-9-8-12-19(23)2)25(27-26)22-14-6-5-7-15-22/h4-17,25,27H,1,3,18,26H2,2H3. The van der Waals surface area contributed by atoms with Crippen LogP contribution >= 0.6 is 0 Å². The Balaban J connectivity index is 2.06. The number of nitrogens with zero attached hydrogens (tertiary/aromatic N) is 1. The lowest BCUT2D eigenvalue weighted by molar-refractivity contribution is 0.246. The maximum absolute atomic E-state index is 6.03. The van der Waals surface area contributed by atoms with Crippen molar-refractivity contribution < 1.29 is 0 Å². The molecule has 0 spiro atoms. The van der Waals surface area contributed by atoms with Crippen LogP contribution in [0.2, 0.25) is 0 Å². The van der Waals surface area contributed by atoms with Crippen LogP contribution < -0.4 is 11.3 Å². The van der Waals surface area contributed by atoms with Crippen molar-refractivity contribution in [2.45, 2.75) is 19.6 Å². The number of rotatable bonds is 8. The molecule has 0 radical (unpaired) electrons. The molecule has 3 aromatic carbocycles. The summed E-state index contributed by atoms with van der Waals surface area (Å²) in [5.74, 6) is 6.03. The Kier molecular flexibility index (Phi) is 6.43. The second kappa shape index (κ2) is 9.18. The SMILES string of the molecule is C=Cc1ccccc1C(=C)N(Cc1ccccc1C)C(NN)c1ccccc1. The zero-order valence-electron chi connectivity index (χ0n) is 16.3. The van der Waals surface area contributed by atoms with E-state index in [1.165, 1.54) is 11.1 Å². The van der Waals surface area contributed by atoms with E-state index in [-0.39, 0.29) is 6.17 Å². The molecule has 3 heteroatoms. The van der Waals surface area contributed by atoms with Crippen LogP contribution in [0, 0.1) is 6.92 Å². The number of nitrogens with one attached hydrogen (secondary N) is 1. The molecule has 28 heavy (non-hydrogen) atoms. The molecule has 1 atom stereocenters. The fourth-order valence-electron chi connectivity index (χ4n) is 3.41. The van der Waals surface area contributed by atoms with E-state index in [2.05, 4.69) is 72.9 Å². The van der Waals surface area contributed by atoms with Gasteiger partial charge in [0.25, 0.3) is 0 Å². The molecule has 142 valence electrons. The van der Waals surface area contributed by atoms with Crippen LogP contribution in [-0.2, 0) is 6.54 Å². The highest BCUT2D eigenvalue weighted by Gasteiger charge is 2.23. The molecule has 0 saturated carbocycles. The lowest BCUT2D eigenvalue weighted by Gasteiger charge is -2.36. The van der Waals surface area contributed by atoms with E-state index in [1.54, 1.807) is 0 Å². The largest absolute Gasteiger partial charge is 0.346 e. The van der Waals surface area contributed by atoms with Gasteiger partial charge < -0.3 is 4.90 Å². The summed E-state index contributed by atoms with van der Waals surface area (Å²) in [6.45, 7) is 11.2. The van der Waals surface area contributed by atoms with E-state index in [0.717, 1.165) is 22.4 Å². The van der Waals surface area contributed by atoms with Gasteiger partial charge in [0.15, 0.2) is 0 Å². The molecule has 0 aliphatic rings. The molecule has 0 bridgehead atoms. The molecule has 0 fully saturated rings. The average Bonchev–Trinajstić information content (AvgIpc) is 2.75. The molecular formula is C25H27N3. The Morgan fingerprint density at radius 1 is 1.00 bits per heavy atom. The summed E-state index contributed by atoms with van der Waals surface area (Å²) < 4.78 is 0. The van der Waals surface area contributed by atoms with Crippen molar-refractivity contribution in [3.05, 3.63) is 120 Å². The monoisotopic (exact) mass is 369 g/mol. The number of hydrogen-bond acceptors (Lipinski definition) is 3. The highest BCUT2D eigenvalue weighted by atomic mass is 15.4. The first-order valence-corrected chi connectivity index (χ1v) is 9.38. The van der Waals surface area contributed by atoms with Gasteiger partial charge in [-0.2, -0.15) is 0 Å². The summed E-state index contributed by atoms with van der Waals surface area (Å²) in [7, 11) is 0. The highest BCUT2D eigenvalue weighted by Crippen LogP contribution is 2.31. The molecule has 3 N–H and O–H groups in total. The normalized spacial score (nSPS) is 11.6. The van der Waals surface area contributed by atoms with Crippen molar-refractivity contribution in [1.29, 1.82) is 0 Å². The van der Waals surface area contributed by atoms with Gasteiger partial charge in [0, 0.05) is 17.8 Å². The van der Waals surface area contributed by atoms with E-state index < -0.39 is 0 Å². The van der Waals surface area contributed by atoms with Crippen LogP contribution in [0.15, 0.2) is 92.0 Å². The van der Waals surface area contributed by atoms with Crippen LogP contribution in [0.5, 0.6) is 0 Å². The molecule has 3 aromatic rings. The van der Waals surface area contributed by atoms with Gasteiger partial charge in [-0.05, 0) is 29.2 Å². The Hall–Kier alpha value is -3.14. The fourth-order valence-corrected chi connectivity index (χ4v) is 3.41. The van der Waals surface area contributed by atoms with Gasteiger partial charge in [-0.15, -0.1) is 0 Å². The van der Waals surface area contributed by atoms with Crippen LogP contribution in [0.3, 0.4) is 0 Å². The molecule has 0 aliphatic carbocycles. The first-order valence-electron chi connectivity index (χ1n) is 9.38. The molecule has 0 heterocycles.